The highest BCUT2D eigenvalue weighted by atomic mass is 35.5. The first kappa shape index (κ1) is 38.8. The summed E-state index contributed by atoms with van der Waals surface area (Å²) < 4.78 is 35.7. The molecule has 0 saturated carbocycles. The Bertz CT molecular complexity index is 1360. The molecule has 1 aliphatic heterocycles. The Morgan fingerprint density at radius 1 is 1.03 bits per heavy atom. The third-order valence-corrected chi connectivity index (χ3v) is 8.03. The largest absolute Gasteiger partial charge is 0.493 e. The number of hydrogen-bond acceptors (Lipinski definition) is 7. The van der Waals surface area contributed by atoms with E-state index in [4.69, 9.17) is 4.74 Å². The molecular weight excluding hydrogens is 575 g/mol. The first-order valence-electron chi connectivity index (χ1n) is 11.8. The number of rotatable bonds is 8. The fourth-order valence-electron chi connectivity index (χ4n) is 4.31. The van der Waals surface area contributed by atoms with Crippen molar-refractivity contribution in [2.24, 2.45) is 0 Å². The molecule has 1 saturated heterocycles. The second kappa shape index (κ2) is 16.1. The predicted octanol–water partition coefficient (Wildman–Crippen LogP) is 0.440. The molecule has 1 aliphatic rings. The van der Waals surface area contributed by atoms with Gasteiger partial charge in [-0.05, 0) is 45.0 Å². The van der Waals surface area contributed by atoms with Gasteiger partial charge >= 0.3 is 0 Å². The molecule has 0 atom stereocenters. The zero-order valence-electron chi connectivity index (χ0n) is 22.5. The average Bonchev–Trinajstić information content (AvgIpc) is 3.15. The SMILES string of the molecule is CCCc1nc(C)c2c(=O)[nH]c(-c3cc(S(=O)(=O)N4CCN(CC)CC4)ccc3OCC)nn12.Cl.Cl.O.O.O. The average molecular weight is 616 g/mol. The van der Waals surface area contributed by atoms with E-state index in [2.05, 4.69) is 26.9 Å². The summed E-state index contributed by atoms with van der Waals surface area (Å²) in [6.45, 7) is 11.3. The molecule has 1 fully saturated rings. The van der Waals surface area contributed by atoms with Crippen LogP contribution in [0.5, 0.6) is 5.75 Å². The molecule has 39 heavy (non-hydrogen) atoms. The summed E-state index contributed by atoms with van der Waals surface area (Å²) >= 11 is 0. The predicted molar refractivity (Wildman–Crippen MR) is 155 cm³/mol. The van der Waals surface area contributed by atoms with Gasteiger partial charge in [-0.1, -0.05) is 13.8 Å². The number of aromatic nitrogens is 4. The number of fused-ring (bicyclic) bond motifs is 1. The van der Waals surface area contributed by atoms with E-state index in [0.717, 1.165) is 13.0 Å². The van der Waals surface area contributed by atoms with Crippen LogP contribution in [0.2, 0.25) is 0 Å². The summed E-state index contributed by atoms with van der Waals surface area (Å²) in [5.41, 5.74) is 1.09. The molecule has 0 radical (unpaired) electrons. The van der Waals surface area contributed by atoms with Gasteiger partial charge in [0.1, 0.15) is 11.6 Å². The van der Waals surface area contributed by atoms with Crippen molar-refractivity contribution < 1.29 is 29.6 Å². The number of halogens is 2. The van der Waals surface area contributed by atoms with Crippen LogP contribution in [0.3, 0.4) is 0 Å². The van der Waals surface area contributed by atoms with Crippen molar-refractivity contribution in [1.29, 1.82) is 0 Å². The van der Waals surface area contributed by atoms with Crippen LogP contribution in [0.1, 0.15) is 38.7 Å². The molecule has 0 unspecified atom stereocenters. The van der Waals surface area contributed by atoms with Crippen molar-refractivity contribution in [2.45, 2.75) is 45.4 Å². The van der Waals surface area contributed by atoms with Gasteiger partial charge in [0.25, 0.3) is 5.56 Å². The minimum Gasteiger partial charge on any atom is -0.493 e. The quantitative estimate of drug-likeness (QED) is 0.378. The standard InChI is InChI=1S/C23H32N6O4S.2ClH.3H2O/c1-5-8-20-24-16(4)21-23(30)25-22(26-29(20)21)18-15-17(9-10-19(18)33-7-3)34(31,32)28-13-11-27(6-2)12-14-28;;;;;/h9-10,15H,5-8,11-14H2,1-4H3,(H,25,26,30);2*1H;3*1H2. The van der Waals surface area contributed by atoms with Crippen molar-refractivity contribution in [2.75, 3.05) is 39.3 Å². The molecule has 16 heteroatoms. The molecule has 0 aliphatic carbocycles. The van der Waals surface area contributed by atoms with Gasteiger partial charge in [0.15, 0.2) is 11.3 Å². The molecule has 0 bridgehead atoms. The summed E-state index contributed by atoms with van der Waals surface area (Å²) in [6.07, 6.45) is 1.52. The van der Waals surface area contributed by atoms with Gasteiger partial charge in [-0.3, -0.25) is 4.79 Å². The maximum absolute atomic E-state index is 13.4. The zero-order valence-corrected chi connectivity index (χ0v) is 24.9. The Hall–Kier alpha value is -2.30. The van der Waals surface area contributed by atoms with Crippen LogP contribution in [0.4, 0.5) is 0 Å². The monoisotopic (exact) mass is 614 g/mol. The van der Waals surface area contributed by atoms with Gasteiger partial charge in [-0.15, -0.1) is 29.9 Å². The van der Waals surface area contributed by atoms with Crippen molar-refractivity contribution in [3.8, 4) is 17.1 Å². The summed E-state index contributed by atoms with van der Waals surface area (Å²) in [5.74, 6) is 1.38. The number of piperazine rings is 1. The van der Waals surface area contributed by atoms with Crippen molar-refractivity contribution >= 4 is 40.4 Å². The Morgan fingerprint density at radius 2 is 1.67 bits per heavy atom. The minimum absolute atomic E-state index is 0. The third-order valence-electron chi connectivity index (χ3n) is 6.14. The zero-order chi connectivity index (χ0) is 24.5. The molecule has 13 nitrogen and oxygen atoms in total. The van der Waals surface area contributed by atoms with E-state index >= 15 is 0 Å². The molecule has 4 rings (SSSR count). The lowest BCUT2D eigenvalue weighted by Crippen LogP contribution is -2.48. The second-order valence-electron chi connectivity index (χ2n) is 8.36. The van der Waals surface area contributed by atoms with Crippen LogP contribution < -0.4 is 10.3 Å². The highest BCUT2D eigenvalue weighted by molar-refractivity contribution is 7.89. The Morgan fingerprint density at radius 3 is 2.23 bits per heavy atom. The molecule has 0 spiro atoms. The number of aromatic amines is 1. The maximum Gasteiger partial charge on any atom is 0.277 e. The van der Waals surface area contributed by atoms with Crippen LogP contribution >= 0.6 is 24.8 Å². The van der Waals surface area contributed by atoms with Gasteiger partial charge in [-0.2, -0.15) is 4.31 Å². The Kier molecular flexibility index (Phi) is 16.0. The number of sulfonamides is 1. The molecule has 3 aromatic rings. The third kappa shape index (κ3) is 7.67. The Labute approximate surface area is 240 Å². The van der Waals surface area contributed by atoms with Gasteiger partial charge in [-0.25, -0.2) is 17.9 Å². The number of nitrogens with zero attached hydrogens (tertiary/aromatic N) is 5. The molecule has 7 N–H and O–H groups in total. The molecule has 3 heterocycles. The minimum atomic E-state index is -3.71. The maximum atomic E-state index is 13.4. The lowest BCUT2D eigenvalue weighted by molar-refractivity contribution is 0.196. The summed E-state index contributed by atoms with van der Waals surface area (Å²) in [5, 5.41) is 4.65. The highest BCUT2D eigenvalue weighted by Gasteiger charge is 2.29. The van der Waals surface area contributed by atoms with Crippen molar-refractivity contribution in [3.05, 3.63) is 40.1 Å². The van der Waals surface area contributed by atoms with Gasteiger partial charge in [0.05, 0.1) is 22.8 Å². The van der Waals surface area contributed by atoms with Crippen molar-refractivity contribution in [3.63, 3.8) is 0 Å². The van der Waals surface area contributed by atoms with Gasteiger partial charge < -0.3 is 31.0 Å². The van der Waals surface area contributed by atoms with Crippen LogP contribution in [0.25, 0.3) is 16.9 Å². The van der Waals surface area contributed by atoms with E-state index in [1.165, 1.54) is 4.31 Å². The van der Waals surface area contributed by atoms with Crippen LogP contribution in [0, 0.1) is 6.92 Å². The number of nitrogens with one attached hydrogen (secondary N) is 1. The summed E-state index contributed by atoms with van der Waals surface area (Å²) in [6, 6.07) is 4.72. The summed E-state index contributed by atoms with van der Waals surface area (Å²) in [7, 11) is -3.71. The first-order valence-corrected chi connectivity index (χ1v) is 13.2. The number of H-pyrrole nitrogens is 1. The second-order valence-corrected chi connectivity index (χ2v) is 10.3. The van der Waals surface area contributed by atoms with E-state index in [9.17, 15) is 13.2 Å². The number of aryl methyl sites for hydroxylation is 2. The topological polar surface area (TPSA) is 207 Å². The lowest BCUT2D eigenvalue weighted by atomic mass is 10.2. The van der Waals surface area contributed by atoms with E-state index < -0.39 is 10.0 Å². The van der Waals surface area contributed by atoms with Crippen LogP contribution in [0.15, 0.2) is 27.9 Å². The fraction of sp³-hybridized carbons (Fsp3) is 0.522. The molecule has 0 amide bonds. The number of likely N-dealkylation sites (N-methyl/N-ethyl adjacent to an activating group) is 1. The smallest absolute Gasteiger partial charge is 0.277 e. The fourth-order valence-corrected chi connectivity index (χ4v) is 5.76. The molecule has 224 valence electrons. The van der Waals surface area contributed by atoms with E-state index in [1.807, 2.05) is 13.8 Å². The van der Waals surface area contributed by atoms with E-state index in [0.29, 0.717) is 67.6 Å². The van der Waals surface area contributed by atoms with E-state index in [1.54, 1.807) is 29.6 Å². The number of ether oxygens (including phenoxy) is 1. The number of benzene rings is 1. The number of imidazole rings is 1. The summed E-state index contributed by atoms with van der Waals surface area (Å²) in [4.78, 5) is 22.6. The lowest BCUT2D eigenvalue weighted by Gasteiger charge is -2.33. The van der Waals surface area contributed by atoms with Crippen LogP contribution in [-0.2, 0) is 16.4 Å². The van der Waals surface area contributed by atoms with Crippen LogP contribution in [-0.4, -0.2) is 93.0 Å². The first-order chi connectivity index (χ1) is 16.3. The highest BCUT2D eigenvalue weighted by Crippen LogP contribution is 2.31. The molecule has 2 aromatic heterocycles. The number of hydrogen-bond donors (Lipinski definition) is 1. The van der Waals surface area contributed by atoms with Gasteiger partial charge in [0, 0.05) is 32.6 Å². The van der Waals surface area contributed by atoms with E-state index in [-0.39, 0.29) is 57.5 Å². The normalized spacial score (nSPS) is 13.7. The molecule has 1 aromatic carbocycles. The van der Waals surface area contributed by atoms with Gasteiger partial charge in [0.2, 0.25) is 10.0 Å². The van der Waals surface area contributed by atoms with Crippen molar-refractivity contribution in [1.82, 2.24) is 28.8 Å². The Balaban J connectivity index is 0. The molecular formula is C23H40Cl2N6O7S.